The fourth-order valence-electron chi connectivity index (χ4n) is 3.52. The number of fused-ring (bicyclic) bond motifs is 1. The van der Waals surface area contributed by atoms with Crippen molar-refractivity contribution in [2.75, 3.05) is 37.2 Å². The summed E-state index contributed by atoms with van der Waals surface area (Å²) < 4.78 is 6.37. The zero-order chi connectivity index (χ0) is 27.2. The Bertz CT molecular complexity index is 1550. The highest BCUT2D eigenvalue weighted by Gasteiger charge is 2.16. The van der Waals surface area contributed by atoms with E-state index in [4.69, 9.17) is 4.74 Å². The van der Waals surface area contributed by atoms with Gasteiger partial charge in [-0.25, -0.2) is 9.78 Å². The molecule has 4 rings (SSSR count). The van der Waals surface area contributed by atoms with Crippen LogP contribution in [0, 0.1) is 10.1 Å². The zero-order valence-electron chi connectivity index (χ0n) is 20.7. The van der Waals surface area contributed by atoms with Crippen LogP contribution in [0.15, 0.2) is 70.0 Å². The van der Waals surface area contributed by atoms with Crippen molar-refractivity contribution in [3.05, 3.63) is 81.9 Å². The molecule has 0 atom stereocenters. The molecule has 0 aliphatic carbocycles. The van der Waals surface area contributed by atoms with Crippen LogP contribution in [0.25, 0.3) is 10.2 Å². The maximum Gasteiger partial charge on any atom is 0.339 e. The lowest BCUT2D eigenvalue weighted by molar-refractivity contribution is -0.384. The topological polar surface area (TPSA) is 127 Å². The molecule has 1 N–H and O–H groups in total. The number of ether oxygens (including phenoxy) is 1. The Kier molecular flexibility index (Phi) is 8.34. The average Bonchev–Trinajstić information content (AvgIpc) is 3.32. The number of esters is 1. The van der Waals surface area contributed by atoms with Gasteiger partial charge in [-0.2, -0.15) is 0 Å². The number of aromatic nitrogens is 1. The number of nitro benzene ring substituents is 1. The van der Waals surface area contributed by atoms with Crippen molar-refractivity contribution in [2.24, 2.45) is 4.99 Å². The molecule has 1 heterocycles. The van der Waals surface area contributed by atoms with Crippen LogP contribution in [-0.2, 0) is 9.53 Å². The van der Waals surface area contributed by atoms with Gasteiger partial charge in [-0.1, -0.05) is 30.0 Å². The Balaban J connectivity index is 1.43. The molecule has 0 radical (unpaired) electrons. The van der Waals surface area contributed by atoms with Gasteiger partial charge in [0.05, 0.1) is 44.9 Å². The normalized spacial score (nSPS) is 11.0. The lowest BCUT2D eigenvalue weighted by Crippen LogP contribution is -2.17. The maximum atomic E-state index is 12.5. The molecule has 0 bridgehead atoms. The van der Waals surface area contributed by atoms with E-state index in [1.165, 1.54) is 36.3 Å². The highest BCUT2D eigenvalue weighted by Crippen LogP contribution is 2.32. The van der Waals surface area contributed by atoms with Crippen molar-refractivity contribution in [3.8, 4) is 0 Å². The van der Waals surface area contributed by atoms with Crippen molar-refractivity contribution < 1.29 is 19.2 Å². The molecule has 38 heavy (non-hydrogen) atoms. The van der Waals surface area contributed by atoms with Gasteiger partial charge in [0.1, 0.15) is 5.69 Å². The van der Waals surface area contributed by atoms with Crippen LogP contribution in [0.1, 0.15) is 15.9 Å². The highest BCUT2D eigenvalue weighted by molar-refractivity contribution is 8.01. The molecule has 194 valence electrons. The van der Waals surface area contributed by atoms with Crippen LogP contribution in [0.4, 0.5) is 22.7 Å². The number of thioether (sulfide) groups is 1. The van der Waals surface area contributed by atoms with Gasteiger partial charge in [-0.3, -0.25) is 19.9 Å². The van der Waals surface area contributed by atoms with Crippen molar-refractivity contribution in [3.63, 3.8) is 0 Å². The number of nitrogens with zero attached hydrogens (tertiary/aromatic N) is 4. The third kappa shape index (κ3) is 6.33. The molecule has 0 aliphatic rings. The first-order valence-corrected chi connectivity index (χ1v) is 13.1. The second kappa shape index (κ2) is 11.8. The Morgan fingerprint density at radius 1 is 1.18 bits per heavy atom. The number of nitrogens with one attached hydrogen (secondary N) is 1. The molecule has 1 amide bonds. The number of carbonyl (C=O) groups is 2. The van der Waals surface area contributed by atoms with E-state index in [0.717, 1.165) is 10.2 Å². The van der Waals surface area contributed by atoms with Crippen LogP contribution >= 0.6 is 23.1 Å². The summed E-state index contributed by atoms with van der Waals surface area (Å²) in [6.07, 6.45) is 1.58. The molecular formula is C26H23N5O5S2. The fourth-order valence-corrected chi connectivity index (χ4v) is 5.42. The first kappa shape index (κ1) is 26.8. The number of hydrogen-bond donors (Lipinski definition) is 1. The molecule has 0 saturated heterocycles. The van der Waals surface area contributed by atoms with Crippen LogP contribution in [-0.4, -0.2) is 55.0 Å². The number of carbonyl (C=O) groups excluding carboxylic acids is 2. The Labute approximate surface area is 226 Å². The number of methoxy groups -OCH3 is 1. The van der Waals surface area contributed by atoms with E-state index in [-0.39, 0.29) is 22.9 Å². The second-order valence-electron chi connectivity index (χ2n) is 8.16. The number of benzene rings is 3. The zero-order valence-corrected chi connectivity index (χ0v) is 22.3. The van der Waals surface area contributed by atoms with Gasteiger partial charge in [0.2, 0.25) is 5.91 Å². The van der Waals surface area contributed by atoms with Gasteiger partial charge in [-0.15, -0.1) is 11.3 Å². The lowest BCUT2D eigenvalue weighted by atomic mass is 10.1. The van der Waals surface area contributed by atoms with Gasteiger partial charge in [0.15, 0.2) is 4.34 Å². The monoisotopic (exact) mass is 549 g/mol. The molecule has 0 aliphatic heterocycles. The molecule has 0 spiro atoms. The molecular weight excluding hydrogens is 526 g/mol. The summed E-state index contributed by atoms with van der Waals surface area (Å²) in [4.78, 5) is 46.1. The first-order valence-electron chi connectivity index (χ1n) is 11.3. The maximum absolute atomic E-state index is 12.5. The minimum absolute atomic E-state index is 0.0105. The van der Waals surface area contributed by atoms with Crippen LogP contribution in [0.2, 0.25) is 0 Å². The summed E-state index contributed by atoms with van der Waals surface area (Å²) in [5, 5.41) is 14.2. The Morgan fingerprint density at radius 3 is 2.71 bits per heavy atom. The smallest absolute Gasteiger partial charge is 0.339 e. The molecule has 0 fully saturated rings. The molecule has 1 aromatic heterocycles. The molecule has 4 aromatic rings. The Hall–Kier alpha value is -4.29. The summed E-state index contributed by atoms with van der Waals surface area (Å²) in [7, 11) is 4.79. The van der Waals surface area contributed by atoms with E-state index in [1.807, 2.05) is 18.2 Å². The van der Waals surface area contributed by atoms with Crippen molar-refractivity contribution in [1.82, 2.24) is 4.98 Å². The van der Waals surface area contributed by atoms with Crippen molar-refractivity contribution in [2.45, 2.75) is 4.34 Å². The Morgan fingerprint density at radius 2 is 1.97 bits per heavy atom. The molecule has 3 aromatic carbocycles. The number of para-hydroxylation sites is 1. The molecule has 0 saturated carbocycles. The SMILES string of the molecule is COC(=O)c1ccccc1NC(=O)CSc1nc2ccc(N=Cc3ccc(N(C)C)c([N+](=O)[O-])c3)cc2s1. The van der Waals surface area contributed by atoms with E-state index in [2.05, 4.69) is 15.3 Å². The van der Waals surface area contributed by atoms with E-state index < -0.39 is 10.9 Å². The van der Waals surface area contributed by atoms with E-state index >= 15 is 0 Å². The highest BCUT2D eigenvalue weighted by atomic mass is 32.2. The number of aliphatic imine (C=N–C) groups is 1. The molecule has 0 unspecified atom stereocenters. The summed E-state index contributed by atoms with van der Waals surface area (Å²) in [6, 6.07) is 17.1. The molecule has 12 heteroatoms. The van der Waals surface area contributed by atoms with E-state index in [0.29, 0.717) is 27.0 Å². The van der Waals surface area contributed by atoms with Crippen molar-refractivity contribution >= 4 is 74.2 Å². The largest absolute Gasteiger partial charge is 0.465 e. The summed E-state index contributed by atoms with van der Waals surface area (Å²) >= 11 is 2.72. The third-order valence-corrected chi connectivity index (χ3v) is 7.49. The fraction of sp³-hybridized carbons (Fsp3) is 0.154. The number of hydrogen-bond acceptors (Lipinski definition) is 10. The number of anilines is 2. The van der Waals surface area contributed by atoms with Crippen LogP contribution in [0.5, 0.6) is 0 Å². The van der Waals surface area contributed by atoms with Crippen LogP contribution < -0.4 is 10.2 Å². The van der Waals surface area contributed by atoms with E-state index in [9.17, 15) is 19.7 Å². The standard InChI is InChI=1S/C26H23N5O5S2/c1-30(2)21-11-8-16(12-22(21)31(34)35)14-27-17-9-10-20-23(13-17)38-26(29-20)37-15-24(32)28-19-7-5-4-6-18(19)25(33)36-3/h4-14H,15H2,1-3H3,(H,28,32). The van der Waals surface area contributed by atoms with Gasteiger partial charge in [0.25, 0.3) is 5.69 Å². The van der Waals surface area contributed by atoms with Crippen molar-refractivity contribution in [1.29, 1.82) is 0 Å². The van der Waals surface area contributed by atoms with Gasteiger partial charge >= 0.3 is 5.97 Å². The van der Waals surface area contributed by atoms with Crippen LogP contribution in [0.3, 0.4) is 0 Å². The summed E-state index contributed by atoms with van der Waals surface area (Å²) in [6.45, 7) is 0. The van der Waals surface area contributed by atoms with Gasteiger partial charge < -0.3 is 15.0 Å². The third-order valence-electron chi connectivity index (χ3n) is 5.33. The predicted octanol–water partition coefficient (Wildman–Crippen LogP) is 5.54. The van der Waals surface area contributed by atoms with Gasteiger partial charge in [0, 0.05) is 26.4 Å². The minimum Gasteiger partial charge on any atom is -0.465 e. The predicted molar refractivity (Wildman–Crippen MR) is 151 cm³/mol. The van der Waals surface area contributed by atoms with E-state index in [1.54, 1.807) is 61.6 Å². The van der Waals surface area contributed by atoms with Gasteiger partial charge in [-0.05, 0) is 42.0 Å². The second-order valence-corrected chi connectivity index (χ2v) is 10.4. The number of amides is 1. The number of nitro groups is 1. The number of thiazole rings is 1. The first-order chi connectivity index (χ1) is 18.2. The quantitative estimate of drug-likeness (QED) is 0.0948. The summed E-state index contributed by atoms with van der Waals surface area (Å²) in [5.41, 5.74) is 3.26. The average molecular weight is 550 g/mol. The number of rotatable bonds is 9. The summed E-state index contributed by atoms with van der Waals surface area (Å²) in [5.74, 6) is -0.686. The lowest BCUT2D eigenvalue weighted by Gasteiger charge is -2.12. The molecule has 10 nitrogen and oxygen atoms in total. The minimum atomic E-state index is -0.526.